The predicted molar refractivity (Wildman–Crippen MR) is 104 cm³/mol. The number of hydrogen-bond donors (Lipinski definition) is 1. The fourth-order valence-electron chi connectivity index (χ4n) is 2.86. The lowest BCUT2D eigenvalue weighted by Crippen LogP contribution is -2.32. The average Bonchev–Trinajstić information content (AvgIpc) is 2.92. The molecular formula is C19H21ClN4O4. The molecule has 28 heavy (non-hydrogen) atoms. The number of carbonyl (C=O) groups excluding carboxylic acids is 2. The minimum Gasteiger partial charge on any atom is -0.482 e. The maximum Gasteiger partial charge on any atom is 0.343 e. The molecule has 9 heteroatoms. The fourth-order valence-corrected chi connectivity index (χ4v) is 3.11. The van der Waals surface area contributed by atoms with Gasteiger partial charge in [-0.3, -0.25) is 9.48 Å². The number of halogens is 1. The van der Waals surface area contributed by atoms with Crippen LogP contribution in [0.15, 0.2) is 36.2 Å². The van der Waals surface area contributed by atoms with Crippen molar-refractivity contribution < 1.29 is 19.1 Å². The van der Waals surface area contributed by atoms with E-state index in [2.05, 4.69) is 15.2 Å². The third-order valence-electron chi connectivity index (χ3n) is 4.41. The van der Waals surface area contributed by atoms with Crippen LogP contribution in [-0.4, -0.2) is 46.8 Å². The number of methoxy groups -OCH3 is 1. The van der Waals surface area contributed by atoms with E-state index in [1.165, 1.54) is 13.2 Å². The minimum absolute atomic E-state index is 0.206. The van der Waals surface area contributed by atoms with E-state index >= 15 is 0 Å². The second kappa shape index (κ2) is 8.35. The number of benzene rings is 1. The predicted octanol–water partition coefficient (Wildman–Crippen LogP) is 2.60. The molecule has 0 aliphatic carbocycles. The number of aryl methyl sites for hydroxylation is 1. The van der Waals surface area contributed by atoms with Gasteiger partial charge < -0.3 is 19.7 Å². The number of esters is 1. The van der Waals surface area contributed by atoms with Crippen LogP contribution in [-0.2, 0) is 23.1 Å². The molecule has 2 aromatic rings. The van der Waals surface area contributed by atoms with Crippen molar-refractivity contribution in [2.24, 2.45) is 7.05 Å². The van der Waals surface area contributed by atoms with Gasteiger partial charge in [0.2, 0.25) is 0 Å². The summed E-state index contributed by atoms with van der Waals surface area (Å²) in [5.41, 5.74) is 2.17. The Morgan fingerprint density at radius 1 is 1.36 bits per heavy atom. The summed E-state index contributed by atoms with van der Waals surface area (Å²) >= 11 is 6.32. The molecule has 1 N–H and O–H groups in total. The van der Waals surface area contributed by atoms with Gasteiger partial charge in [-0.15, -0.1) is 0 Å². The Labute approximate surface area is 167 Å². The zero-order valence-corrected chi connectivity index (χ0v) is 16.6. The number of allylic oxidation sites excluding steroid dienone is 1. The summed E-state index contributed by atoms with van der Waals surface area (Å²) in [6, 6.07) is 4.71. The average molecular weight is 405 g/mol. The maximum absolute atomic E-state index is 13.1. The van der Waals surface area contributed by atoms with Crippen molar-refractivity contribution in [3.05, 3.63) is 52.3 Å². The molecule has 2 heterocycles. The monoisotopic (exact) mass is 404 g/mol. The molecule has 0 atom stereocenters. The van der Waals surface area contributed by atoms with Gasteiger partial charge in [0.05, 0.1) is 37.0 Å². The highest BCUT2D eigenvalue weighted by molar-refractivity contribution is 6.34. The van der Waals surface area contributed by atoms with E-state index in [1.807, 2.05) is 20.0 Å². The van der Waals surface area contributed by atoms with Gasteiger partial charge in [0.15, 0.2) is 6.61 Å². The van der Waals surface area contributed by atoms with Gasteiger partial charge in [0, 0.05) is 18.3 Å². The maximum atomic E-state index is 13.1. The van der Waals surface area contributed by atoms with Gasteiger partial charge >= 0.3 is 5.97 Å². The van der Waals surface area contributed by atoms with Crippen molar-refractivity contribution in [3.8, 4) is 5.75 Å². The van der Waals surface area contributed by atoms with E-state index in [9.17, 15) is 9.59 Å². The molecule has 8 nitrogen and oxygen atoms in total. The molecule has 1 aliphatic heterocycles. The summed E-state index contributed by atoms with van der Waals surface area (Å²) in [6.07, 6.45) is 3.67. The quantitative estimate of drug-likeness (QED) is 0.788. The Balaban J connectivity index is 1.82. The highest BCUT2D eigenvalue weighted by Gasteiger charge is 2.25. The summed E-state index contributed by atoms with van der Waals surface area (Å²) in [5, 5.41) is 7.82. The van der Waals surface area contributed by atoms with Crippen molar-refractivity contribution in [2.75, 3.05) is 25.6 Å². The van der Waals surface area contributed by atoms with Gasteiger partial charge in [-0.05, 0) is 25.1 Å². The lowest BCUT2D eigenvalue weighted by atomic mass is 10.1. The number of anilines is 1. The van der Waals surface area contributed by atoms with Crippen LogP contribution in [0.4, 0.5) is 5.82 Å². The number of rotatable bonds is 4. The first-order chi connectivity index (χ1) is 13.4. The SMILES string of the molecule is C/C=C1\CN(C(=O)c2ccc(OCC(=O)OC)cc2Cl)Cc2cnn(C)c2N1. The lowest BCUT2D eigenvalue weighted by molar-refractivity contribution is -0.142. The van der Waals surface area contributed by atoms with Crippen LogP contribution >= 0.6 is 11.6 Å². The fraction of sp³-hybridized carbons (Fsp3) is 0.316. The van der Waals surface area contributed by atoms with Gasteiger partial charge in [-0.2, -0.15) is 5.10 Å². The molecule has 148 valence electrons. The van der Waals surface area contributed by atoms with Crippen molar-refractivity contribution in [1.29, 1.82) is 0 Å². The van der Waals surface area contributed by atoms with Crippen molar-refractivity contribution in [2.45, 2.75) is 13.5 Å². The Hall–Kier alpha value is -3.00. The molecule has 0 bridgehead atoms. The van der Waals surface area contributed by atoms with Crippen LogP contribution in [0.3, 0.4) is 0 Å². The van der Waals surface area contributed by atoms with E-state index in [4.69, 9.17) is 16.3 Å². The molecule has 0 saturated carbocycles. The Morgan fingerprint density at radius 2 is 2.14 bits per heavy atom. The topological polar surface area (TPSA) is 85.7 Å². The Kier molecular flexibility index (Phi) is 5.89. The number of amides is 1. The summed E-state index contributed by atoms with van der Waals surface area (Å²) in [5.74, 6) is 0.538. The first-order valence-corrected chi connectivity index (χ1v) is 9.02. The normalized spacial score (nSPS) is 14.9. The first-order valence-electron chi connectivity index (χ1n) is 8.64. The molecule has 0 unspecified atom stereocenters. The minimum atomic E-state index is -0.500. The number of nitrogens with one attached hydrogen (secondary N) is 1. The Morgan fingerprint density at radius 3 is 2.82 bits per heavy atom. The van der Waals surface area contributed by atoms with Crippen molar-refractivity contribution >= 4 is 29.3 Å². The van der Waals surface area contributed by atoms with E-state index < -0.39 is 5.97 Å². The van der Waals surface area contributed by atoms with Crippen LogP contribution in [0, 0.1) is 0 Å². The number of hydrogen-bond acceptors (Lipinski definition) is 6. The number of nitrogens with zero attached hydrogens (tertiary/aromatic N) is 3. The van der Waals surface area contributed by atoms with E-state index in [1.54, 1.807) is 27.9 Å². The molecule has 1 aromatic carbocycles. The largest absolute Gasteiger partial charge is 0.482 e. The van der Waals surface area contributed by atoms with E-state index in [0.717, 1.165) is 17.1 Å². The second-order valence-electron chi connectivity index (χ2n) is 6.25. The van der Waals surface area contributed by atoms with Gasteiger partial charge in [0.25, 0.3) is 5.91 Å². The molecule has 0 spiro atoms. The van der Waals surface area contributed by atoms with Crippen molar-refractivity contribution in [1.82, 2.24) is 14.7 Å². The highest BCUT2D eigenvalue weighted by atomic mass is 35.5. The zero-order valence-electron chi connectivity index (χ0n) is 15.9. The van der Waals surface area contributed by atoms with Crippen LogP contribution < -0.4 is 10.1 Å². The molecule has 0 radical (unpaired) electrons. The van der Waals surface area contributed by atoms with Crippen LogP contribution in [0.25, 0.3) is 0 Å². The van der Waals surface area contributed by atoms with Gasteiger partial charge in [0.1, 0.15) is 11.6 Å². The highest BCUT2D eigenvalue weighted by Crippen LogP contribution is 2.28. The van der Waals surface area contributed by atoms with E-state index in [0.29, 0.717) is 24.4 Å². The third-order valence-corrected chi connectivity index (χ3v) is 4.72. The molecule has 0 saturated heterocycles. The first kappa shape index (κ1) is 19.8. The number of aromatic nitrogens is 2. The lowest BCUT2D eigenvalue weighted by Gasteiger charge is -2.21. The Bertz CT molecular complexity index is 938. The van der Waals surface area contributed by atoms with Crippen molar-refractivity contribution in [3.63, 3.8) is 0 Å². The van der Waals surface area contributed by atoms with Crippen LogP contribution in [0.1, 0.15) is 22.8 Å². The summed E-state index contributed by atoms with van der Waals surface area (Å²) in [6.45, 7) is 2.50. The molecule has 3 rings (SSSR count). The van der Waals surface area contributed by atoms with Crippen LogP contribution in [0.2, 0.25) is 5.02 Å². The zero-order chi connectivity index (χ0) is 20.3. The summed E-state index contributed by atoms with van der Waals surface area (Å²) in [7, 11) is 3.13. The molecule has 0 fully saturated rings. The van der Waals surface area contributed by atoms with Gasteiger partial charge in [-0.1, -0.05) is 17.7 Å². The number of fused-ring (bicyclic) bond motifs is 1. The smallest absolute Gasteiger partial charge is 0.343 e. The summed E-state index contributed by atoms with van der Waals surface area (Å²) in [4.78, 5) is 26.0. The molecule has 1 aromatic heterocycles. The van der Waals surface area contributed by atoms with Crippen LogP contribution in [0.5, 0.6) is 5.75 Å². The standard InChI is InChI=1S/C19H21ClN4O4/c1-4-13-10-24(9-12-8-21-23(2)18(12)22-13)19(26)15-6-5-14(7-16(15)20)28-11-17(25)27-3/h4-8,22H,9-11H2,1-3H3/b13-4+. The molecule has 1 amide bonds. The van der Waals surface area contributed by atoms with E-state index in [-0.39, 0.29) is 17.5 Å². The number of ether oxygens (including phenoxy) is 2. The third kappa shape index (κ3) is 4.12. The summed E-state index contributed by atoms with van der Waals surface area (Å²) < 4.78 is 11.6. The number of carbonyl (C=O) groups is 2. The molecular weight excluding hydrogens is 384 g/mol. The van der Waals surface area contributed by atoms with Gasteiger partial charge in [-0.25, -0.2) is 4.79 Å². The molecule has 1 aliphatic rings. The second-order valence-corrected chi connectivity index (χ2v) is 6.66.